The van der Waals surface area contributed by atoms with E-state index < -0.39 is 11.8 Å². The van der Waals surface area contributed by atoms with Gasteiger partial charge in [-0.2, -0.15) is 0 Å². The van der Waals surface area contributed by atoms with Crippen LogP contribution in [0.5, 0.6) is 0 Å². The molecule has 0 spiro atoms. The van der Waals surface area contributed by atoms with Gasteiger partial charge in [0.25, 0.3) is 17.7 Å². The van der Waals surface area contributed by atoms with Crippen LogP contribution in [0.3, 0.4) is 0 Å². The van der Waals surface area contributed by atoms with Gasteiger partial charge < -0.3 is 10.6 Å². The van der Waals surface area contributed by atoms with Crippen LogP contribution < -0.4 is 15.5 Å². The average molecular weight is 474 g/mol. The molecule has 34 heavy (non-hydrogen) atoms. The fraction of sp³-hybridized carbons (Fsp3) is 0.148. The van der Waals surface area contributed by atoms with Crippen molar-refractivity contribution in [2.45, 2.75) is 27.7 Å². The van der Waals surface area contributed by atoms with Crippen molar-refractivity contribution in [3.8, 4) is 0 Å². The van der Waals surface area contributed by atoms with Gasteiger partial charge in [-0.3, -0.25) is 14.4 Å². The molecule has 0 unspecified atom stereocenters. The number of hydrogen-bond acceptors (Lipinski definition) is 4. The number of anilines is 3. The van der Waals surface area contributed by atoms with Crippen molar-refractivity contribution in [2.24, 2.45) is 0 Å². The predicted molar refractivity (Wildman–Crippen MR) is 135 cm³/mol. The lowest BCUT2D eigenvalue weighted by atomic mass is 10.1. The van der Waals surface area contributed by atoms with E-state index >= 15 is 0 Å². The molecular formula is C27H24ClN3O3. The van der Waals surface area contributed by atoms with Crippen LogP contribution in [0.25, 0.3) is 0 Å². The van der Waals surface area contributed by atoms with Crippen molar-refractivity contribution >= 4 is 46.4 Å². The van der Waals surface area contributed by atoms with Gasteiger partial charge in [-0.05, 0) is 98.5 Å². The molecule has 0 atom stereocenters. The molecule has 1 aliphatic rings. The lowest BCUT2D eigenvalue weighted by molar-refractivity contribution is -0.120. The third kappa shape index (κ3) is 4.45. The molecule has 0 aliphatic carbocycles. The van der Waals surface area contributed by atoms with Gasteiger partial charge in [-0.25, -0.2) is 4.90 Å². The Balaban J connectivity index is 1.48. The number of nitrogens with zero attached hydrogens (tertiary/aromatic N) is 1. The number of aryl methyl sites for hydroxylation is 4. The highest BCUT2D eigenvalue weighted by Gasteiger charge is 2.39. The number of nitrogens with one attached hydrogen (secondary N) is 2. The molecule has 1 heterocycles. The first kappa shape index (κ1) is 23.3. The molecule has 3 aromatic carbocycles. The fourth-order valence-electron chi connectivity index (χ4n) is 3.58. The van der Waals surface area contributed by atoms with Crippen molar-refractivity contribution in [3.05, 3.63) is 99.2 Å². The molecule has 3 amide bonds. The Bertz CT molecular complexity index is 1360. The number of imide groups is 1. The molecule has 2 N–H and O–H groups in total. The maximum Gasteiger partial charge on any atom is 0.283 e. The summed E-state index contributed by atoms with van der Waals surface area (Å²) in [5.74, 6) is -1.36. The average Bonchev–Trinajstić information content (AvgIpc) is 3.02. The molecule has 0 bridgehead atoms. The SMILES string of the molecule is Cc1ccc(NC(=O)c2ccc(NC3=C(Cl)C(=O)N(c4ccc(C)c(C)c4)C3=O)cc2)cc1C. The first-order valence-electron chi connectivity index (χ1n) is 10.8. The van der Waals surface area contributed by atoms with Crippen LogP contribution in [-0.2, 0) is 9.59 Å². The second-order valence-electron chi connectivity index (χ2n) is 8.36. The number of carbonyl (C=O) groups is 3. The Morgan fingerprint density at radius 1 is 0.735 bits per heavy atom. The molecule has 0 aromatic heterocycles. The molecule has 172 valence electrons. The van der Waals surface area contributed by atoms with Gasteiger partial charge in [0.15, 0.2) is 0 Å². The van der Waals surface area contributed by atoms with Gasteiger partial charge in [0.05, 0.1) is 5.69 Å². The number of benzene rings is 3. The summed E-state index contributed by atoms with van der Waals surface area (Å²) in [6.07, 6.45) is 0. The summed E-state index contributed by atoms with van der Waals surface area (Å²) in [5.41, 5.74) is 6.42. The van der Waals surface area contributed by atoms with E-state index in [-0.39, 0.29) is 16.6 Å². The molecule has 0 fully saturated rings. The van der Waals surface area contributed by atoms with Crippen molar-refractivity contribution in [1.82, 2.24) is 0 Å². The Hall–Kier alpha value is -3.90. The smallest absolute Gasteiger partial charge is 0.283 e. The largest absolute Gasteiger partial charge is 0.350 e. The zero-order valence-corrected chi connectivity index (χ0v) is 20.1. The zero-order chi connectivity index (χ0) is 24.6. The molecule has 1 aliphatic heterocycles. The van der Waals surface area contributed by atoms with Gasteiger partial charge in [0, 0.05) is 16.9 Å². The van der Waals surface area contributed by atoms with Crippen LogP contribution in [-0.4, -0.2) is 17.7 Å². The monoisotopic (exact) mass is 473 g/mol. The van der Waals surface area contributed by atoms with Gasteiger partial charge in [-0.1, -0.05) is 23.7 Å². The number of amides is 3. The van der Waals surface area contributed by atoms with Gasteiger partial charge in [0.2, 0.25) is 0 Å². The third-order valence-corrected chi connectivity index (χ3v) is 6.31. The highest BCUT2D eigenvalue weighted by molar-refractivity contribution is 6.53. The van der Waals surface area contributed by atoms with Crippen LogP contribution in [0.1, 0.15) is 32.6 Å². The van der Waals surface area contributed by atoms with Crippen molar-refractivity contribution in [2.75, 3.05) is 15.5 Å². The van der Waals surface area contributed by atoms with E-state index in [0.29, 0.717) is 22.6 Å². The first-order chi connectivity index (χ1) is 16.2. The van der Waals surface area contributed by atoms with E-state index in [1.807, 2.05) is 52.0 Å². The van der Waals surface area contributed by atoms with Crippen molar-refractivity contribution < 1.29 is 14.4 Å². The minimum Gasteiger partial charge on any atom is -0.350 e. The Labute approximate surface area is 203 Å². The minimum atomic E-state index is -0.582. The van der Waals surface area contributed by atoms with Gasteiger partial charge >= 0.3 is 0 Å². The molecule has 6 nitrogen and oxygen atoms in total. The highest BCUT2D eigenvalue weighted by atomic mass is 35.5. The number of halogens is 1. The topological polar surface area (TPSA) is 78.5 Å². The van der Waals surface area contributed by atoms with E-state index in [1.165, 1.54) is 0 Å². The molecule has 4 rings (SSSR count). The number of hydrogen-bond donors (Lipinski definition) is 2. The van der Waals surface area contributed by atoms with E-state index in [0.717, 1.165) is 27.2 Å². The summed E-state index contributed by atoms with van der Waals surface area (Å²) in [7, 11) is 0. The predicted octanol–water partition coefficient (Wildman–Crippen LogP) is 5.61. The standard InChI is InChI=1S/C27H24ClN3O3/c1-15-5-9-21(13-17(15)3)30-25(32)19-7-10-20(11-8-19)29-24-23(28)26(33)31(27(24)34)22-12-6-16(2)18(4)14-22/h5-14,29H,1-4H3,(H,30,32). The lowest BCUT2D eigenvalue weighted by Crippen LogP contribution is -2.32. The summed E-state index contributed by atoms with van der Waals surface area (Å²) in [6.45, 7) is 7.87. The van der Waals surface area contributed by atoms with Crippen molar-refractivity contribution in [1.29, 1.82) is 0 Å². The Morgan fingerprint density at radius 2 is 1.32 bits per heavy atom. The van der Waals surface area contributed by atoms with E-state index in [9.17, 15) is 14.4 Å². The van der Waals surface area contributed by atoms with Crippen LogP contribution >= 0.6 is 11.6 Å². The normalized spacial score (nSPS) is 13.5. The number of carbonyl (C=O) groups excluding carboxylic acids is 3. The maximum atomic E-state index is 13.0. The zero-order valence-electron chi connectivity index (χ0n) is 19.3. The van der Waals surface area contributed by atoms with Crippen LogP contribution in [0.4, 0.5) is 17.1 Å². The van der Waals surface area contributed by atoms with E-state index in [1.54, 1.807) is 36.4 Å². The molecule has 7 heteroatoms. The summed E-state index contributed by atoms with van der Waals surface area (Å²) in [6, 6.07) is 17.7. The second kappa shape index (κ2) is 9.15. The third-order valence-electron chi connectivity index (χ3n) is 5.96. The van der Waals surface area contributed by atoms with Crippen LogP contribution in [0.2, 0.25) is 0 Å². The van der Waals surface area contributed by atoms with Gasteiger partial charge in [0.1, 0.15) is 10.7 Å². The molecular weight excluding hydrogens is 450 g/mol. The second-order valence-corrected chi connectivity index (χ2v) is 8.74. The quantitative estimate of drug-likeness (QED) is 0.472. The molecule has 3 aromatic rings. The number of rotatable bonds is 5. The molecule has 0 saturated carbocycles. The van der Waals surface area contributed by atoms with Crippen molar-refractivity contribution in [3.63, 3.8) is 0 Å². The summed E-state index contributed by atoms with van der Waals surface area (Å²) < 4.78 is 0. The summed E-state index contributed by atoms with van der Waals surface area (Å²) in [5, 5.41) is 5.63. The van der Waals surface area contributed by atoms with Gasteiger partial charge in [-0.15, -0.1) is 0 Å². The fourth-order valence-corrected chi connectivity index (χ4v) is 3.79. The maximum absolute atomic E-state index is 13.0. The Kier molecular flexibility index (Phi) is 6.26. The summed E-state index contributed by atoms with van der Waals surface area (Å²) >= 11 is 6.23. The van der Waals surface area contributed by atoms with E-state index in [4.69, 9.17) is 11.6 Å². The molecule has 0 radical (unpaired) electrons. The lowest BCUT2D eigenvalue weighted by Gasteiger charge is -2.16. The first-order valence-corrected chi connectivity index (χ1v) is 11.1. The van der Waals surface area contributed by atoms with E-state index in [2.05, 4.69) is 10.6 Å². The minimum absolute atomic E-state index is 0.00257. The Morgan fingerprint density at radius 3 is 1.94 bits per heavy atom. The highest BCUT2D eigenvalue weighted by Crippen LogP contribution is 2.31. The summed E-state index contributed by atoms with van der Waals surface area (Å²) in [4.78, 5) is 39.3. The van der Waals surface area contributed by atoms with Crippen LogP contribution in [0, 0.1) is 27.7 Å². The van der Waals surface area contributed by atoms with Crippen LogP contribution in [0.15, 0.2) is 71.4 Å². The molecule has 0 saturated heterocycles.